The van der Waals surface area contributed by atoms with Gasteiger partial charge in [0, 0.05) is 0 Å². The third kappa shape index (κ3) is 3.23. The highest BCUT2D eigenvalue weighted by molar-refractivity contribution is 7.86. The lowest BCUT2D eigenvalue weighted by atomic mass is 10.6. The molecule has 0 aliphatic heterocycles. The second-order valence-corrected chi connectivity index (χ2v) is 2.85. The van der Waals surface area contributed by atoms with Crippen LogP contribution in [0.25, 0.3) is 0 Å². The van der Waals surface area contributed by atoms with E-state index in [0.717, 1.165) is 12.2 Å². The fraction of sp³-hybridized carbons (Fsp3) is 0.250. The molecule has 0 spiro atoms. The number of aliphatic hydroxyl groups is 1. The Labute approximate surface area is 53.6 Å². The molecule has 0 bridgehead atoms. The first-order chi connectivity index (χ1) is 3.98. The van der Waals surface area contributed by atoms with Gasteiger partial charge in [0.15, 0.2) is 5.44 Å². The zero-order chi connectivity index (χ0) is 7.49. The van der Waals surface area contributed by atoms with Crippen molar-refractivity contribution in [3.8, 4) is 0 Å². The molecule has 0 amide bonds. The van der Waals surface area contributed by atoms with Gasteiger partial charge in [-0.05, 0) is 13.0 Å². The predicted molar refractivity (Wildman–Crippen MR) is 32.1 cm³/mol. The summed E-state index contributed by atoms with van der Waals surface area (Å²) >= 11 is 0. The third-order valence-electron chi connectivity index (χ3n) is 0.606. The van der Waals surface area contributed by atoms with Gasteiger partial charge >= 0.3 is 0 Å². The summed E-state index contributed by atoms with van der Waals surface area (Å²) < 4.78 is 28.0. The molecule has 0 aliphatic rings. The Morgan fingerprint density at radius 2 is 2.00 bits per heavy atom. The molecule has 0 aromatic heterocycles. The highest BCUT2D eigenvalue weighted by Gasteiger charge is 2.14. The van der Waals surface area contributed by atoms with Crippen LogP contribution < -0.4 is 0 Å². The van der Waals surface area contributed by atoms with Crippen LogP contribution in [0.5, 0.6) is 0 Å². The number of aliphatic hydroxyl groups excluding tert-OH is 1. The van der Waals surface area contributed by atoms with Crippen molar-refractivity contribution in [1.82, 2.24) is 0 Å². The largest absolute Gasteiger partial charge is 0.372 e. The number of allylic oxidation sites excluding steroid dienone is 1. The van der Waals surface area contributed by atoms with E-state index >= 15 is 0 Å². The maximum absolute atomic E-state index is 9.95. The summed E-state index contributed by atoms with van der Waals surface area (Å²) in [5.41, 5.74) is -1.85. The van der Waals surface area contributed by atoms with Crippen LogP contribution in [0.4, 0.5) is 0 Å². The lowest BCUT2D eigenvalue weighted by Gasteiger charge is -1.97. The Balaban J connectivity index is 4.24. The molecular weight excluding hydrogens is 144 g/mol. The van der Waals surface area contributed by atoms with Crippen molar-refractivity contribution in [2.24, 2.45) is 0 Å². The average molecular weight is 151 g/mol. The molecule has 0 rings (SSSR count). The first-order valence-electron chi connectivity index (χ1n) is 2.08. The van der Waals surface area contributed by atoms with Gasteiger partial charge in [0.1, 0.15) is 0 Å². The highest BCUT2D eigenvalue weighted by atomic mass is 32.2. The van der Waals surface area contributed by atoms with Crippen LogP contribution >= 0.6 is 0 Å². The molecule has 4 nitrogen and oxygen atoms in total. The molecule has 0 aromatic rings. The number of hydrogen-bond acceptors (Lipinski definition) is 3. The van der Waals surface area contributed by atoms with E-state index in [2.05, 4.69) is 6.92 Å². The van der Waals surface area contributed by atoms with Crippen molar-refractivity contribution in [3.05, 3.63) is 19.1 Å². The van der Waals surface area contributed by atoms with E-state index in [4.69, 9.17) is 9.66 Å². The Bertz CT molecular complexity index is 191. The van der Waals surface area contributed by atoms with Crippen molar-refractivity contribution in [2.45, 2.75) is 5.44 Å². The van der Waals surface area contributed by atoms with E-state index in [1.807, 2.05) is 0 Å². The van der Waals surface area contributed by atoms with Crippen molar-refractivity contribution < 1.29 is 18.1 Å². The summed E-state index contributed by atoms with van der Waals surface area (Å²) in [5.74, 6) is 0. The first kappa shape index (κ1) is 8.61. The lowest BCUT2D eigenvalue weighted by Crippen LogP contribution is -2.16. The maximum Gasteiger partial charge on any atom is 0.295 e. The Kier molecular flexibility index (Phi) is 2.83. The lowest BCUT2D eigenvalue weighted by molar-refractivity contribution is 0.276. The van der Waals surface area contributed by atoms with Gasteiger partial charge in [-0.3, -0.25) is 4.55 Å². The van der Waals surface area contributed by atoms with Crippen molar-refractivity contribution in [2.75, 3.05) is 0 Å². The minimum Gasteiger partial charge on any atom is -0.372 e. The first-order valence-corrected chi connectivity index (χ1v) is 3.59. The molecule has 1 radical (unpaired) electrons. The maximum atomic E-state index is 9.95. The van der Waals surface area contributed by atoms with Crippen LogP contribution in [0.3, 0.4) is 0 Å². The van der Waals surface area contributed by atoms with Gasteiger partial charge in [-0.25, -0.2) is 0 Å². The third-order valence-corrected chi connectivity index (χ3v) is 1.37. The zero-order valence-corrected chi connectivity index (χ0v) is 5.37. The summed E-state index contributed by atoms with van der Waals surface area (Å²) in [6.07, 6.45) is 1.94. The van der Waals surface area contributed by atoms with E-state index in [0.29, 0.717) is 0 Å². The SMILES string of the molecule is [CH2]C=CC(O)S(=O)(=O)O. The van der Waals surface area contributed by atoms with E-state index in [-0.39, 0.29) is 0 Å². The minimum atomic E-state index is -4.34. The van der Waals surface area contributed by atoms with Crippen LogP contribution in [0, 0.1) is 6.92 Å². The van der Waals surface area contributed by atoms with Crippen LogP contribution in [0.1, 0.15) is 0 Å². The minimum absolute atomic E-state index is 0.856. The molecule has 0 fully saturated rings. The molecule has 1 unspecified atom stereocenters. The van der Waals surface area contributed by atoms with Gasteiger partial charge in [0.2, 0.25) is 0 Å². The summed E-state index contributed by atoms with van der Waals surface area (Å²) in [5, 5.41) is 8.42. The van der Waals surface area contributed by atoms with Crippen molar-refractivity contribution in [3.63, 3.8) is 0 Å². The molecule has 1 atom stereocenters. The quantitative estimate of drug-likeness (QED) is 0.526. The Hall–Kier alpha value is -0.390. The van der Waals surface area contributed by atoms with Gasteiger partial charge in [-0.15, -0.1) is 0 Å². The van der Waals surface area contributed by atoms with E-state index in [1.54, 1.807) is 0 Å². The van der Waals surface area contributed by atoms with Gasteiger partial charge in [0.25, 0.3) is 10.1 Å². The van der Waals surface area contributed by atoms with Gasteiger partial charge in [0.05, 0.1) is 0 Å². The number of rotatable bonds is 2. The predicted octanol–water partition coefficient (Wildman–Crippen LogP) is -0.417. The van der Waals surface area contributed by atoms with Crippen molar-refractivity contribution >= 4 is 10.1 Å². The molecule has 9 heavy (non-hydrogen) atoms. The molecular formula is C4H7O4S. The second-order valence-electron chi connectivity index (χ2n) is 1.33. The fourth-order valence-electron chi connectivity index (χ4n) is 0.216. The summed E-state index contributed by atoms with van der Waals surface area (Å²) in [7, 11) is -4.34. The highest BCUT2D eigenvalue weighted by Crippen LogP contribution is 1.94. The number of hydrogen-bond donors (Lipinski definition) is 2. The van der Waals surface area contributed by atoms with Crippen LogP contribution in [-0.2, 0) is 10.1 Å². The van der Waals surface area contributed by atoms with Gasteiger partial charge in [-0.1, -0.05) is 6.08 Å². The Morgan fingerprint density at radius 1 is 1.56 bits per heavy atom. The van der Waals surface area contributed by atoms with Crippen LogP contribution in [-0.4, -0.2) is 23.5 Å². The molecule has 0 saturated carbocycles. The summed E-state index contributed by atoms with van der Waals surface area (Å²) in [6, 6.07) is 0. The molecule has 0 heterocycles. The molecule has 0 aliphatic carbocycles. The molecule has 0 saturated heterocycles. The zero-order valence-electron chi connectivity index (χ0n) is 4.56. The smallest absolute Gasteiger partial charge is 0.295 e. The van der Waals surface area contributed by atoms with Crippen LogP contribution in [0.15, 0.2) is 12.2 Å². The van der Waals surface area contributed by atoms with Gasteiger partial charge in [-0.2, -0.15) is 8.42 Å². The monoisotopic (exact) mass is 151 g/mol. The van der Waals surface area contributed by atoms with Crippen molar-refractivity contribution in [1.29, 1.82) is 0 Å². The summed E-state index contributed by atoms with van der Waals surface area (Å²) in [4.78, 5) is 0. The molecule has 2 N–H and O–H groups in total. The van der Waals surface area contributed by atoms with Gasteiger partial charge < -0.3 is 5.11 Å². The second kappa shape index (κ2) is 2.95. The van der Waals surface area contributed by atoms with E-state index in [9.17, 15) is 8.42 Å². The van der Waals surface area contributed by atoms with E-state index < -0.39 is 15.6 Å². The van der Waals surface area contributed by atoms with Crippen LogP contribution in [0.2, 0.25) is 0 Å². The normalized spacial score (nSPS) is 16.3. The van der Waals surface area contributed by atoms with E-state index in [1.165, 1.54) is 0 Å². The topological polar surface area (TPSA) is 74.6 Å². The average Bonchev–Trinajstić information content (AvgIpc) is 1.64. The molecule has 5 heteroatoms. The summed E-state index contributed by atoms with van der Waals surface area (Å²) in [6.45, 7) is 3.12. The Morgan fingerprint density at radius 3 is 2.11 bits per heavy atom. The fourth-order valence-corrected chi connectivity index (χ4v) is 0.525. The molecule has 53 valence electrons. The molecule has 0 aromatic carbocycles. The standard InChI is InChI=1S/C4H7O4S/c1-2-3-4(5)9(6,7)8/h2-5H,1H2,(H,6,7,8).